The molecule has 0 N–H and O–H groups in total. The Hall–Kier alpha value is -1.99. The van der Waals surface area contributed by atoms with Crippen LogP contribution >= 0.6 is 15.9 Å². The van der Waals surface area contributed by atoms with Crippen LogP contribution in [0.25, 0.3) is 0 Å². The lowest BCUT2D eigenvalue weighted by Gasteiger charge is -2.10. The molecule has 0 bridgehead atoms. The molecule has 0 aliphatic rings. The van der Waals surface area contributed by atoms with Crippen molar-refractivity contribution in [2.45, 2.75) is 12.8 Å². The molecule has 19 heavy (non-hydrogen) atoms. The molecule has 0 aliphatic heterocycles. The zero-order valence-electron chi connectivity index (χ0n) is 10.3. The quantitative estimate of drug-likeness (QED) is 0.813. The fourth-order valence-electron chi connectivity index (χ4n) is 1.81. The first kappa shape index (κ1) is 13.4. The van der Waals surface area contributed by atoms with Gasteiger partial charge in [0.15, 0.2) is 5.78 Å². The summed E-state index contributed by atoms with van der Waals surface area (Å²) < 4.78 is 0.710. The normalized spacial score (nSPS) is 11.6. The van der Waals surface area contributed by atoms with Crippen LogP contribution in [0.2, 0.25) is 0 Å². The lowest BCUT2D eigenvalue weighted by molar-refractivity contribution is 0.0978. The average molecular weight is 315 g/mol. The molecule has 2 aromatic rings. The molecule has 1 heterocycles. The van der Waals surface area contributed by atoms with Crippen LogP contribution < -0.4 is 0 Å². The molecule has 1 aromatic carbocycles. The Kier molecular flexibility index (Phi) is 4.08. The summed E-state index contributed by atoms with van der Waals surface area (Å²) in [5, 5.41) is 9.24. The summed E-state index contributed by atoms with van der Waals surface area (Å²) in [6.45, 7) is 1.95. The second-order valence-electron chi connectivity index (χ2n) is 4.20. The largest absolute Gasteiger partial charge is 0.292 e. The van der Waals surface area contributed by atoms with Crippen molar-refractivity contribution in [3.8, 4) is 6.07 Å². The van der Waals surface area contributed by atoms with Gasteiger partial charge in [-0.3, -0.25) is 9.78 Å². The van der Waals surface area contributed by atoms with Gasteiger partial charge in [0.05, 0.1) is 6.07 Å². The number of hydrogen-bond acceptors (Lipinski definition) is 3. The number of carbonyl (C=O) groups is 1. The summed E-state index contributed by atoms with van der Waals surface area (Å²) in [7, 11) is 0. The van der Waals surface area contributed by atoms with Crippen LogP contribution in [-0.2, 0) is 0 Å². The van der Waals surface area contributed by atoms with Crippen molar-refractivity contribution in [3.63, 3.8) is 0 Å². The number of pyridine rings is 1. The number of nitrogens with zero attached hydrogens (tertiary/aromatic N) is 2. The molecule has 0 radical (unpaired) electrons. The molecule has 3 nitrogen and oxygen atoms in total. The number of rotatable bonds is 3. The number of aromatic nitrogens is 1. The molecule has 0 aliphatic carbocycles. The van der Waals surface area contributed by atoms with Gasteiger partial charge in [0, 0.05) is 22.4 Å². The molecule has 0 saturated carbocycles. The lowest BCUT2D eigenvalue weighted by Crippen LogP contribution is -2.12. The van der Waals surface area contributed by atoms with E-state index >= 15 is 0 Å². The predicted octanol–water partition coefficient (Wildman–Crippen LogP) is 3.64. The van der Waals surface area contributed by atoms with E-state index in [0.717, 1.165) is 5.56 Å². The molecule has 4 heteroatoms. The van der Waals surface area contributed by atoms with Crippen molar-refractivity contribution < 1.29 is 4.79 Å². The third-order valence-corrected chi connectivity index (χ3v) is 3.46. The average Bonchev–Trinajstić information content (AvgIpc) is 2.40. The Labute approximate surface area is 120 Å². The van der Waals surface area contributed by atoms with E-state index < -0.39 is 5.92 Å². The minimum absolute atomic E-state index is 0.220. The predicted molar refractivity (Wildman–Crippen MR) is 75.8 cm³/mol. The summed E-state index contributed by atoms with van der Waals surface area (Å²) in [4.78, 5) is 16.4. The molecule has 0 spiro atoms. The minimum Gasteiger partial charge on any atom is -0.292 e. The van der Waals surface area contributed by atoms with Gasteiger partial charge in [0.2, 0.25) is 0 Å². The van der Waals surface area contributed by atoms with Crippen LogP contribution in [0.5, 0.6) is 0 Å². The van der Waals surface area contributed by atoms with E-state index in [1.165, 1.54) is 0 Å². The lowest BCUT2D eigenvalue weighted by atomic mass is 9.92. The van der Waals surface area contributed by atoms with E-state index in [9.17, 15) is 10.1 Å². The van der Waals surface area contributed by atoms with Gasteiger partial charge in [-0.05, 0) is 36.2 Å². The maximum Gasteiger partial charge on any atom is 0.185 e. The van der Waals surface area contributed by atoms with Crippen LogP contribution in [0, 0.1) is 18.3 Å². The van der Waals surface area contributed by atoms with Gasteiger partial charge in [-0.1, -0.05) is 28.1 Å². The Morgan fingerprint density at radius 2 is 2.21 bits per heavy atom. The van der Waals surface area contributed by atoms with Gasteiger partial charge in [-0.15, -0.1) is 0 Å². The molecule has 0 amide bonds. The number of Topliss-reactive ketones (excluding diaryl/α,β-unsaturated/α-hetero) is 1. The summed E-state index contributed by atoms with van der Waals surface area (Å²) in [6, 6.07) is 11.0. The van der Waals surface area contributed by atoms with Crippen molar-refractivity contribution in [2.75, 3.05) is 0 Å². The number of aryl methyl sites for hydroxylation is 1. The molecule has 1 aromatic heterocycles. The standard InChI is InChI=1S/C15H11BrN2O/c1-10-4-5-12(14(16)7-10)15(19)13(8-17)11-3-2-6-18-9-11/h2-7,9,13H,1H3. The van der Waals surface area contributed by atoms with Crippen LogP contribution in [0.1, 0.15) is 27.4 Å². The van der Waals surface area contributed by atoms with E-state index in [2.05, 4.69) is 20.9 Å². The maximum absolute atomic E-state index is 12.4. The Morgan fingerprint density at radius 3 is 2.79 bits per heavy atom. The Bertz CT molecular complexity index is 647. The SMILES string of the molecule is Cc1ccc(C(=O)C(C#N)c2cccnc2)c(Br)c1. The summed E-state index contributed by atoms with van der Waals surface area (Å²) in [6.07, 6.45) is 3.16. The highest BCUT2D eigenvalue weighted by molar-refractivity contribution is 9.10. The van der Waals surface area contributed by atoms with Crippen molar-refractivity contribution in [1.29, 1.82) is 5.26 Å². The van der Waals surface area contributed by atoms with Crippen LogP contribution in [0.4, 0.5) is 0 Å². The van der Waals surface area contributed by atoms with E-state index in [0.29, 0.717) is 15.6 Å². The van der Waals surface area contributed by atoms with Crippen molar-refractivity contribution in [1.82, 2.24) is 4.98 Å². The first-order valence-electron chi connectivity index (χ1n) is 5.73. The van der Waals surface area contributed by atoms with Gasteiger partial charge in [0.1, 0.15) is 5.92 Å². The number of nitriles is 1. The molecular weight excluding hydrogens is 304 g/mol. The van der Waals surface area contributed by atoms with Crippen LogP contribution in [-0.4, -0.2) is 10.8 Å². The van der Waals surface area contributed by atoms with Crippen LogP contribution in [0.3, 0.4) is 0 Å². The van der Waals surface area contributed by atoms with Gasteiger partial charge >= 0.3 is 0 Å². The third kappa shape index (κ3) is 2.88. The number of benzene rings is 1. The zero-order valence-corrected chi connectivity index (χ0v) is 11.9. The van der Waals surface area contributed by atoms with Crippen molar-refractivity contribution in [2.24, 2.45) is 0 Å². The highest BCUT2D eigenvalue weighted by Gasteiger charge is 2.23. The van der Waals surface area contributed by atoms with Gasteiger partial charge in [-0.25, -0.2) is 0 Å². The number of halogens is 1. The van der Waals surface area contributed by atoms with E-state index in [4.69, 9.17) is 0 Å². The third-order valence-electron chi connectivity index (χ3n) is 2.80. The van der Waals surface area contributed by atoms with Crippen LogP contribution in [0.15, 0.2) is 47.2 Å². The summed E-state index contributed by atoms with van der Waals surface area (Å²) in [5.74, 6) is -1.05. The van der Waals surface area contributed by atoms with Gasteiger partial charge in [0.25, 0.3) is 0 Å². The molecule has 0 fully saturated rings. The molecule has 2 rings (SSSR count). The molecule has 1 unspecified atom stereocenters. The minimum atomic E-state index is -0.826. The van der Waals surface area contributed by atoms with E-state index in [1.54, 1.807) is 30.6 Å². The highest BCUT2D eigenvalue weighted by atomic mass is 79.9. The summed E-state index contributed by atoms with van der Waals surface area (Å²) >= 11 is 3.37. The van der Waals surface area contributed by atoms with Gasteiger partial charge < -0.3 is 0 Å². The van der Waals surface area contributed by atoms with Crippen molar-refractivity contribution >= 4 is 21.7 Å². The molecule has 94 valence electrons. The van der Waals surface area contributed by atoms with E-state index in [1.807, 2.05) is 25.1 Å². The molecular formula is C15H11BrN2O. The molecule has 0 saturated heterocycles. The maximum atomic E-state index is 12.4. The second-order valence-corrected chi connectivity index (χ2v) is 5.05. The monoisotopic (exact) mass is 314 g/mol. The number of carbonyl (C=O) groups excluding carboxylic acids is 1. The zero-order chi connectivity index (χ0) is 13.8. The smallest absolute Gasteiger partial charge is 0.185 e. The summed E-state index contributed by atoms with van der Waals surface area (Å²) in [5.41, 5.74) is 2.18. The van der Waals surface area contributed by atoms with Gasteiger partial charge in [-0.2, -0.15) is 5.26 Å². The topological polar surface area (TPSA) is 53.8 Å². The fourth-order valence-corrected chi connectivity index (χ4v) is 2.50. The van der Waals surface area contributed by atoms with E-state index in [-0.39, 0.29) is 5.78 Å². The van der Waals surface area contributed by atoms with Crippen molar-refractivity contribution in [3.05, 3.63) is 63.9 Å². The highest BCUT2D eigenvalue weighted by Crippen LogP contribution is 2.25. The molecule has 1 atom stereocenters. The first-order valence-corrected chi connectivity index (χ1v) is 6.52. The number of ketones is 1. The Balaban J connectivity index is 2.40. The Morgan fingerprint density at radius 1 is 1.42 bits per heavy atom. The number of hydrogen-bond donors (Lipinski definition) is 0. The first-order chi connectivity index (χ1) is 9.13. The second kappa shape index (κ2) is 5.77. The fraction of sp³-hybridized carbons (Fsp3) is 0.133.